The fourth-order valence-electron chi connectivity index (χ4n) is 8.47. The van der Waals surface area contributed by atoms with E-state index in [0.29, 0.717) is 28.7 Å². The molecule has 2 atom stereocenters. The van der Waals surface area contributed by atoms with Gasteiger partial charge in [-0.05, 0) is 78.8 Å². The quantitative estimate of drug-likeness (QED) is 0.0975. The Balaban J connectivity index is 0.000000517. The van der Waals surface area contributed by atoms with Crippen LogP contribution >= 0.6 is 0 Å². The molecule has 2 fully saturated rings. The van der Waals surface area contributed by atoms with E-state index in [4.69, 9.17) is 35.9 Å². The Morgan fingerprint density at radius 2 is 1.20 bits per heavy atom. The van der Waals surface area contributed by atoms with Crippen molar-refractivity contribution in [3.05, 3.63) is 54.1 Å². The molecular weight excluding hydrogens is 836 g/mol. The Kier molecular flexibility index (Phi) is 17.0. The zero-order valence-electron chi connectivity index (χ0n) is 31.8. The Labute approximate surface area is 331 Å². The van der Waals surface area contributed by atoms with E-state index >= 15 is 0 Å². The Bertz CT molecular complexity index is 1850. The fourth-order valence-corrected chi connectivity index (χ4v) is 15.1. The molecule has 0 unspecified atom stereocenters. The Morgan fingerprint density at radius 3 is 1.58 bits per heavy atom. The van der Waals surface area contributed by atoms with Crippen LogP contribution in [0.2, 0.25) is 16.6 Å². The molecule has 0 aliphatic carbocycles. The van der Waals surface area contributed by atoms with E-state index in [0.717, 1.165) is 18.6 Å². The summed E-state index contributed by atoms with van der Waals surface area (Å²) in [5.74, 6) is 1.19. The van der Waals surface area contributed by atoms with E-state index in [9.17, 15) is 26.3 Å². The van der Waals surface area contributed by atoms with Crippen LogP contribution in [0.5, 0.6) is 0 Å². The van der Waals surface area contributed by atoms with Crippen LogP contribution in [0.4, 0.5) is 26.3 Å². The van der Waals surface area contributed by atoms with E-state index in [1.165, 1.54) is 55.8 Å². The van der Waals surface area contributed by atoms with E-state index in [2.05, 4.69) is 106 Å². The number of benzene rings is 1. The number of fused-ring (bicyclic) bond motifs is 1. The third-order valence-corrected chi connectivity index (χ3v) is 18.8. The van der Waals surface area contributed by atoms with E-state index < -0.39 is 39.3 Å². The third-order valence-electron chi connectivity index (χ3n) is 10.6. The van der Waals surface area contributed by atoms with E-state index in [-0.39, 0.29) is 17.1 Å². The second kappa shape index (κ2) is 19.1. The second-order valence-electron chi connectivity index (χ2n) is 14.7. The predicted molar refractivity (Wildman–Crippen MR) is 198 cm³/mol. The molecule has 3 aromatic rings. The van der Waals surface area contributed by atoms with Crippen molar-refractivity contribution in [3.8, 4) is 0 Å². The summed E-state index contributed by atoms with van der Waals surface area (Å²) in [4.78, 5) is 15.5. The van der Waals surface area contributed by atoms with Gasteiger partial charge in [0, 0.05) is 48.9 Å². The summed E-state index contributed by atoms with van der Waals surface area (Å²) in [6.45, 7) is 18.9. The zero-order valence-corrected chi connectivity index (χ0v) is 35.5. The minimum Gasteiger partial charge on any atom is -0.330 e. The normalized spacial score (nSPS) is 19.0. The van der Waals surface area contributed by atoms with Gasteiger partial charge in [-0.1, -0.05) is 59.7 Å². The van der Waals surface area contributed by atoms with Crippen LogP contribution in [0.15, 0.2) is 42.6 Å². The molecule has 2 N–H and O–H groups in total. The van der Waals surface area contributed by atoms with E-state index in [1.807, 2.05) is 0 Å². The van der Waals surface area contributed by atoms with Gasteiger partial charge in [0.1, 0.15) is 5.82 Å². The number of aromatic nitrogens is 3. The molecular formula is C34H51F6FeN5O6S2Si. The molecule has 0 radical (unpaired) electrons. The maximum atomic E-state index is 10.7. The number of likely N-dealkylation sites (tertiary alicyclic amines) is 2. The molecule has 0 bridgehead atoms. The SMILES string of the molecule is CC(C)[Si](c1ccc(CN2CCC[C@H]2[C@@H]2CCCN2Cc2nc3ccccc3n2C)nc1)(C(C)C)C(C)C.O=S(=O)(O)C(F)(F)F.O=S(=O)(O)C(F)(F)F.[Fe]. The Morgan fingerprint density at radius 1 is 0.764 bits per heavy atom. The smallest absolute Gasteiger partial charge is 0.330 e. The molecule has 2 aliphatic heterocycles. The van der Waals surface area contributed by atoms with Gasteiger partial charge in [0.05, 0.1) is 31.3 Å². The fraction of sp³-hybridized carbons (Fsp3) is 0.647. The minimum absolute atomic E-state index is 0. The molecule has 2 aromatic heterocycles. The van der Waals surface area contributed by atoms with Crippen molar-refractivity contribution < 1.29 is 69.4 Å². The van der Waals surface area contributed by atoms with Crippen molar-refractivity contribution in [1.29, 1.82) is 0 Å². The van der Waals surface area contributed by atoms with Crippen LogP contribution < -0.4 is 5.19 Å². The van der Waals surface area contributed by atoms with Crippen molar-refractivity contribution in [2.75, 3.05) is 13.1 Å². The molecule has 11 nitrogen and oxygen atoms in total. The summed E-state index contributed by atoms with van der Waals surface area (Å²) < 4.78 is 117. The average Bonchev–Trinajstić information content (AvgIpc) is 3.76. The summed E-state index contributed by atoms with van der Waals surface area (Å²) in [5.41, 5.74) is -5.36. The molecule has 2 saturated heterocycles. The van der Waals surface area contributed by atoms with Crippen LogP contribution in [0.25, 0.3) is 11.0 Å². The molecule has 0 spiro atoms. The first-order valence-electron chi connectivity index (χ1n) is 17.6. The monoisotopic (exact) mass is 887 g/mol. The summed E-state index contributed by atoms with van der Waals surface area (Å²) in [5, 5.41) is 1.55. The number of hydrogen-bond acceptors (Lipinski definition) is 8. The molecule has 1 aromatic carbocycles. The van der Waals surface area contributed by atoms with E-state index in [1.54, 1.807) is 5.19 Å². The van der Waals surface area contributed by atoms with Gasteiger partial charge >= 0.3 is 31.3 Å². The molecule has 2 aliphatic rings. The van der Waals surface area contributed by atoms with Gasteiger partial charge in [-0.3, -0.25) is 23.9 Å². The number of rotatable bonds is 9. The van der Waals surface area contributed by atoms with Crippen molar-refractivity contribution >= 4 is 44.5 Å². The molecule has 0 amide bonds. The van der Waals surface area contributed by atoms with Gasteiger partial charge in [0.2, 0.25) is 0 Å². The van der Waals surface area contributed by atoms with Crippen molar-refractivity contribution in [3.63, 3.8) is 0 Å². The molecule has 4 heterocycles. The summed E-state index contributed by atoms with van der Waals surface area (Å²) in [7, 11) is -11.2. The van der Waals surface area contributed by atoms with Gasteiger partial charge in [-0.2, -0.15) is 43.2 Å². The minimum atomic E-state index is -5.84. The van der Waals surface area contributed by atoms with Gasteiger partial charge in [-0.15, -0.1) is 0 Å². The first-order valence-corrected chi connectivity index (χ1v) is 22.8. The van der Waals surface area contributed by atoms with Gasteiger partial charge < -0.3 is 4.57 Å². The summed E-state index contributed by atoms with van der Waals surface area (Å²) in [6, 6.07) is 14.5. The maximum absolute atomic E-state index is 10.7. The Hall–Kier alpha value is -2.10. The number of nitrogens with zero attached hydrogens (tertiary/aromatic N) is 5. The molecule has 55 heavy (non-hydrogen) atoms. The van der Waals surface area contributed by atoms with Gasteiger partial charge in [0.15, 0.2) is 0 Å². The van der Waals surface area contributed by atoms with Crippen LogP contribution in [-0.2, 0) is 57.4 Å². The summed E-state index contributed by atoms with van der Waals surface area (Å²) >= 11 is 0. The largest absolute Gasteiger partial charge is 0.522 e. The number of imidazole rings is 1. The van der Waals surface area contributed by atoms with Crippen LogP contribution in [0.3, 0.4) is 0 Å². The first kappa shape index (κ1) is 49.0. The predicted octanol–water partition coefficient (Wildman–Crippen LogP) is 7.27. The van der Waals surface area contributed by atoms with Crippen molar-refractivity contribution in [1.82, 2.24) is 24.3 Å². The van der Waals surface area contributed by atoms with Gasteiger partial charge in [0.25, 0.3) is 0 Å². The number of para-hydroxylation sites is 2. The standard InChI is InChI=1S/C32H49N5Si.2CHF3O3S.Fe/c1-23(2)38(24(3)4,25(5)6)27-17-16-26(33-20-27)21-36-18-10-14-30(36)31-15-11-19-37(31)22-32-34-28-12-8-9-13-29(28)35(32)7;2*2-1(3,4)8(5,6)7;/h8-9,12-13,16-17,20,23-25,30-31H,10-11,14-15,18-19,21-22H2,1-7H3;2*(H,5,6,7);/t30-,31-;;;/m0.../s1. The summed E-state index contributed by atoms with van der Waals surface area (Å²) in [6.07, 6.45) is 7.44. The number of halogens is 6. The number of hydrogen-bond donors (Lipinski definition) is 2. The molecule has 5 rings (SSSR count). The van der Waals surface area contributed by atoms with Gasteiger partial charge in [-0.25, -0.2) is 4.98 Å². The second-order valence-corrected chi connectivity index (χ2v) is 23.4. The molecule has 21 heteroatoms. The van der Waals surface area contributed by atoms with Crippen LogP contribution in [-0.4, -0.2) is 94.5 Å². The number of aryl methyl sites for hydroxylation is 1. The first-order chi connectivity index (χ1) is 24.7. The topological polar surface area (TPSA) is 146 Å². The van der Waals surface area contributed by atoms with Crippen LogP contribution in [0, 0.1) is 0 Å². The number of pyridine rings is 1. The third kappa shape index (κ3) is 11.7. The maximum Gasteiger partial charge on any atom is 0.522 e. The van der Waals surface area contributed by atoms with Crippen molar-refractivity contribution in [2.45, 2.75) is 120 Å². The average molecular weight is 888 g/mol. The van der Waals surface area contributed by atoms with Crippen molar-refractivity contribution in [2.24, 2.45) is 7.05 Å². The van der Waals surface area contributed by atoms with Crippen LogP contribution in [0.1, 0.15) is 78.7 Å². The number of alkyl halides is 6. The molecule has 0 saturated carbocycles. The zero-order chi connectivity index (χ0) is 41.0. The molecule has 314 valence electrons.